The van der Waals surface area contributed by atoms with Crippen LogP contribution in [0.15, 0.2) is 30.3 Å². The molecule has 4 nitrogen and oxygen atoms in total. The normalized spacial score (nSPS) is 16.8. The first-order valence-corrected chi connectivity index (χ1v) is 7.40. The summed E-state index contributed by atoms with van der Waals surface area (Å²) in [4.78, 5) is 0. The van der Waals surface area contributed by atoms with Gasteiger partial charge in [-0.15, -0.1) is 0 Å². The zero-order valence-corrected chi connectivity index (χ0v) is 11.5. The van der Waals surface area contributed by atoms with E-state index in [-0.39, 0.29) is 11.7 Å². The molecule has 0 aromatic heterocycles. The zero-order chi connectivity index (χ0) is 12.9. The van der Waals surface area contributed by atoms with Crippen molar-refractivity contribution in [2.75, 3.05) is 13.7 Å². The summed E-state index contributed by atoms with van der Waals surface area (Å²) in [7, 11) is -1.32. The molecule has 0 saturated carbocycles. The molecule has 17 heavy (non-hydrogen) atoms. The van der Waals surface area contributed by atoms with Gasteiger partial charge in [0.1, 0.15) is 0 Å². The molecule has 3 N–H and O–H groups in total. The summed E-state index contributed by atoms with van der Waals surface area (Å²) in [5.41, 5.74) is 6.98. The van der Waals surface area contributed by atoms with E-state index in [1.165, 1.54) is 7.11 Å². The summed E-state index contributed by atoms with van der Waals surface area (Å²) in [6, 6.07) is 9.55. The lowest BCUT2D eigenvalue weighted by atomic mass is 10.1. The quantitative estimate of drug-likeness (QED) is 0.768. The average Bonchev–Trinajstić information content (AvgIpc) is 2.36. The van der Waals surface area contributed by atoms with Crippen LogP contribution in [-0.4, -0.2) is 19.3 Å². The van der Waals surface area contributed by atoms with Crippen LogP contribution in [0.3, 0.4) is 0 Å². The third-order valence-corrected chi connectivity index (χ3v) is 5.24. The Kier molecular flexibility index (Phi) is 5.34. The molecule has 0 radical (unpaired) electrons. The zero-order valence-electron chi connectivity index (χ0n) is 10.6. The van der Waals surface area contributed by atoms with Crippen molar-refractivity contribution >= 4 is 7.52 Å². The standard InChI is InChI=1S/C12H21N2O2P/c1-10(2)17(15,16-3)14-9-12(13)11-7-5-4-6-8-11/h4-8,10,12H,9,13H2,1-3H3,(H,14,15). The molecule has 0 heterocycles. The van der Waals surface area contributed by atoms with Crippen LogP contribution < -0.4 is 10.8 Å². The van der Waals surface area contributed by atoms with E-state index >= 15 is 0 Å². The molecular weight excluding hydrogens is 235 g/mol. The number of hydrogen-bond acceptors (Lipinski definition) is 3. The molecule has 0 spiro atoms. The van der Waals surface area contributed by atoms with Crippen molar-refractivity contribution in [1.29, 1.82) is 0 Å². The van der Waals surface area contributed by atoms with Crippen LogP contribution in [0, 0.1) is 0 Å². The van der Waals surface area contributed by atoms with E-state index in [0.717, 1.165) is 5.56 Å². The Morgan fingerprint density at radius 2 is 1.94 bits per heavy atom. The van der Waals surface area contributed by atoms with E-state index in [4.69, 9.17) is 10.3 Å². The van der Waals surface area contributed by atoms with Gasteiger partial charge in [-0.1, -0.05) is 44.2 Å². The summed E-state index contributed by atoms with van der Waals surface area (Å²) in [5.74, 6) is 0. The van der Waals surface area contributed by atoms with E-state index in [9.17, 15) is 4.57 Å². The van der Waals surface area contributed by atoms with Gasteiger partial charge in [-0.05, 0) is 5.56 Å². The van der Waals surface area contributed by atoms with Crippen molar-refractivity contribution < 1.29 is 9.09 Å². The van der Waals surface area contributed by atoms with Crippen LogP contribution in [-0.2, 0) is 9.09 Å². The maximum Gasteiger partial charge on any atom is 0.272 e. The van der Waals surface area contributed by atoms with Gasteiger partial charge in [0.2, 0.25) is 0 Å². The lowest BCUT2D eigenvalue weighted by molar-refractivity contribution is 0.373. The topological polar surface area (TPSA) is 64.3 Å². The Morgan fingerprint density at radius 3 is 2.41 bits per heavy atom. The smallest absolute Gasteiger partial charge is 0.272 e. The van der Waals surface area contributed by atoms with Crippen molar-refractivity contribution in [3.05, 3.63) is 35.9 Å². The molecule has 0 aliphatic carbocycles. The second-order valence-corrected chi connectivity index (χ2v) is 7.16. The van der Waals surface area contributed by atoms with E-state index in [2.05, 4.69) is 5.09 Å². The Hall–Kier alpha value is -0.670. The van der Waals surface area contributed by atoms with Gasteiger partial charge in [-0.3, -0.25) is 4.57 Å². The van der Waals surface area contributed by atoms with Crippen molar-refractivity contribution in [3.8, 4) is 0 Å². The number of nitrogens with two attached hydrogens (primary N) is 1. The van der Waals surface area contributed by atoms with E-state index in [1.807, 2.05) is 44.2 Å². The molecule has 1 rings (SSSR count). The predicted molar refractivity (Wildman–Crippen MR) is 71.1 cm³/mol. The van der Waals surface area contributed by atoms with Crippen LogP contribution in [0.25, 0.3) is 0 Å². The highest BCUT2D eigenvalue weighted by Crippen LogP contribution is 2.46. The first-order valence-electron chi connectivity index (χ1n) is 5.70. The van der Waals surface area contributed by atoms with E-state index in [1.54, 1.807) is 0 Å². The fraction of sp³-hybridized carbons (Fsp3) is 0.500. The number of benzene rings is 1. The first-order chi connectivity index (χ1) is 7.99. The molecule has 0 amide bonds. The maximum absolute atomic E-state index is 12.2. The fourth-order valence-corrected chi connectivity index (χ4v) is 2.87. The molecule has 1 aromatic carbocycles. The molecule has 0 saturated heterocycles. The first kappa shape index (κ1) is 14.4. The molecule has 96 valence electrons. The minimum absolute atomic E-state index is 0.0597. The minimum Gasteiger partial charge on any atom is -0.323 e. The monoisotopic (exact) mass is 256 g/mol. The summed E-state index contributed by atoms with van der Waals surface area (Å²) in [6.45, 7) is 4.17. The predicted octanol–water partition coefficient (Wildman–Crippen LogP) is 2.52. The van der Waals surface area contributed by atoms with Crippen LogP contribution in [0.5, 0.6) is 0 Å². The van der Waals surface area contributed by atoms with Crippen LogP contribution >= 0.6 is 7.52 Å². The summed E-state index contributed by atoms with van der Waals surface area (Å²) < 4.78 is 17.3. The van der Waals surface area contributed by atoms with Crippen LogP contribution in [0.4, 0.5) is 0 Å². The van der Waals surface area contributed by atoms with E-state index < -0.39 is 7.52 Å². The Morgan fingerprint density at radius 1 is 1.35 bits per heavy atom. The average molecular weight is 256 g/mol. The minimum atomic E-state index is -2.78. The third-order valence-electron chi connectivity index (χ3n) is 2.71. The number of hydrogen-bond donors (Lipinski definition) is 2. The Bertz CT molecular complexity index is 381. The van der Waals surface area contributed by atoms with Crippen molar-refractivity contribution in [2.24, 2.45) is 5.73 Å². The lowest BCUT2D eigenvalue weighted by Gasteiger charge is -2.23. The largest absolute Gasteiger partial charge is 0.323 e. The van der Waals surface area contributed by atoms with Crippen molar-refractivity contribution in [2.45, 2.75) is 25.5 Å². The SMILES string of the molecule is COP(=O)(NCC(N)c1ccccc1)C(C)C. The fourth-order valence-electron chi connectivity index (χ4n) is 1.50. The lowest BCUT2D eigenvalue weighted by Crippen LogP contribution is -2.27. The van der Waals surface area contributed by atoms with Gasteiger partial charge in [0, 0.05) is 25.4 Å². The molecule has 0 bridgehead atoms. The van der Waals surface area contributed by atoms with Gasteiger partial charge in [0.15, 0.2) is 0 Å². The van der Waals surface area contributed by atoms with Gasteiger partial charge in [-0.25, -0.2) is 5.09 Å². The molecule has 0 aliphatic rings. The van der Waals surface area contributed by atoms with Crippen molar-refractivity contribution in [3.63, 3.8) is 0 Å². The van der Waals surface area contributed by atoms with Gasteiger partial charge in [0.05, 0.1) is 0 Å². The summed E-state index contributed by atoms with van der Waals surface area (Å²) in [6.07, 6.45) is 0. The highest BCUT2D eigenvalue weighted by molar-refractivity contribution is 7.57. The summed E-state index contributed by atoms with van der Waals surface area (Å²) >= 11 is 0. The molecular formula is C12H21N2O2P. The maximum atomic E-state index is 12.2. The van der Waals surface area contributed by atoms with Crippen LogP contribution in [0.1, 0.15) is 25.5 Å². The Labute approximate surface area is 103 Å². The second kappa shape index (κ2) is 6.31. The van der Waals surface area contributed by atoms with Gasteiger partial charge in [-0.2, -0.15) is 0 Å². The Balaban J connectivity index is 2.59. The van der Waals surface area contributed by atoms with Gasteiger partial charge < -0.3 is 10.3 Å². The molecule has 1 aromatic rings. The van der Waals surface area contributed by atoms with Gasteiger partial charge >= 0.3 is 0 Å². The van der Waals surface area contributed by atoms with E-state index in [0.29, 0.717) is 6.54 Å². The highest BCUT2D eigenvalue weighted by atomic mass is 31.2. The molecule has 0 aliphatic heterocycles. The number of nitrogens with one attached hydrogen (secondary N) is 1. The van der Waals surface area contributed by atoms with Gasteiger partial charge in [0.25, 0.3) is 7.52 Å². The van der Waals surface area contributed by atoms with Crippen molar-refractivity contribution in [1.82, 2.24) is 5.09 Å². The molecule has 5 heteroatoms. The number of rotatable bonds is 6. The molecule has 2 unspecified atom stereocenters. The molecule has 2 atom stereocenters. The van der Waals surface area contributed by atoms with Crippen LogP contribution in [0.2, 0.25) is 0 Å². The summed E-state index contributed by atoms with van der Waals surface area (Å²) in [5, 5.41) is 2.95. The third kappa shape index (κ3) is 3.93. The molecule has 0 fully saturated rings. The highest BCUT2D eigenvalue weighted by Gasteiger charge is 2.26. The second-order valence-electron chi connectivity index (χ2n) is 4.25.